The van der Waals surface area contributed by atoms with Crippen LogP contribution in [0.3, 0.4) is 0 Å². The zero-order valence-corrected chi connectivity index (χ0v) is 13.0. The van der Waals surface area contributed by atoms with Crippen molar-refractivity contribution in [1.29, 1.82) is 0 Å². The summed E-state index contributed by atoms with van der Waals surface area (Å²) in [6, 6.07) is 0. The van der Waals surface area contributed by atoms with Gasteiger partial charge in [0.25, 0.3) is 0 Å². The Bertz CT molecular complexity index is 615. The highest BCUT2D eigenvalue weighted by molar-refractivity contribution is 8.00. The molecule has 0 aliphatic heterocycles. The predicted molar refractivity (Wildman–Crippen MR) is 76.9 cm³/mol. The van der Waals surface area contributed by atoms with Crippen LogP contribution in [-0.4, -0.2) is 31.3 Å². The number of hydrogen-bond donors (Lipinski definition) is 1. The lowest BCUT2D eigenvalue weighted by Gasteiger charge is -2.03. The van der Waals surface area contributed by atoms with Gasteiger partial charge < -0.3 is 5.32 Å². The summed E-state index contributed by atoms with van der Waals surface area (Å²) in [7, 11) is 0. The molecular weight excluding hydrogens is 296 g/mol. The quantitative estimate of drug-likeness (QED) is 0.844. The average Bonchev–Trinajstić information content (AvgIpc) is 2.85. The molecular formula is C11H14N6OS2. The SMILES string of the molecule is CCc1nnc(Sc2nnc(NC(C)=O)s2)nc1CC. The number of rotatable bonds is 5. The predicted octanol–water partition coefficient (Wildman–Crippen LogP) is 1.96. The molecule has 2 heterocycles. The third kappa shape index (κ3) is 3.70. The number of amides is 1. The largest absolute Gasteiger partial charge is 0.301 e. The lowest BCUT2D eigenvalue weighted by molar-refractivity contribution is -0.114. The van der Waals surface area contributed by atoms with E-state index in [1.807, 2.05) is 13.8 Å². The number of nitrogens with one attached hydrogen (secondary N) is 1. The fourth-order valence-electron chi connectivity index (χ4n) is 1.49. The van der Waals surface area contributed by atoms with E-state index in [0.29, 0.717) is 14.6 Å². The minimum atomic E-state index is -0.170. The number of carbonyl (C=O) groups is 1. The van der Waals surface area contributed by atoms with E-state index in [1.54, 1.807) is 0 Å². The van der Waals surface area contributed by atoms with E-state index in [0.717, 1.165) is 24.2 Å². The van der Waals surface area contributed by atoms with Gasteiger partial charge in [0.1, 0.15) is 0 Å². The summed E-state index contributed by atoms with van der Waals surface area (Å²) in [6.45, 7) is 5.50. The molecule has 0 aliphatic rings. The van der Waals surface area contributed by atoms with Gasteiger partial charge in [-0.3, -0.25) is 4.79 Å². The average molecular weight is 310 g/mol. The standard InChI is InChI=1S/C11H14N6OS2/c1-4-7-8(5-2)14-15-10(13-7)20-11-17-16-9(19-11)12-6(3)18/h4-5H2,1-3H3,(H,12,16,18). The molecule has 0 saturated heterocycles. The fraction of sp³-hybridized carbons (Fsp3) is 0.455. The summed E-state index contributed by atoms with van der Waals surface area (Å²) < 4.78 is 0.668. The molecule has 1 amide bonds. The van der Waals surface area contributed by atoms with Crippen LogP contribution in [0, 0.1) is 0 Å². The van der Waals surface area contributed by atoms with E-state index in [1.165, 1.54) is 30.0 Å². The summed E-state index contributed by atoms with van der Waals surface area (Å²) in [5, 5.41) is 19.7. The number of aryl methyl sites for hydroxylation is 2. The van der Waals surface area contributed by atoms with Crippen molar-refractivity contribution in [2.75, 3.05) is 5.32 Å². The van der Waals surface area contributed by atoms with Gasteiger partial charge in [-0.2, -0.15) is 5.10 Å². The molecule has 0 aliphatic carbocycles. The van der Waals surface area contributed by atoms with Crippen LogP contribution in [0.25, 0.3) is 0 Å². The second kappa shape index (κ2) is 6.71. The van der Waals surface area contributed by atoms with Crippen molar-refractivity contribution in [3.8, 4) is 0 Å². The highest BCUT2D eigenvalue weighted by Crippen LogP contribution is 2.29. The second-order valence-electron chi connectivity index (χ2n) is 3.85. The summed E-state index contributed by atoms with van der Waals surface area (Å²) >= 11 is 2.57. The van der Waals surface area contributed by atoms with Crippen LogP contribution in [0.15, 0.2) is 9.50 Å². The van der Waals surface area contributed by atoms with Crippen LogP contribution in [0.4, 0.5) is 5.13 Å². The van der Waals surface area contributed by atoms with E-state index in [-0.39, 0.29) is 5.91 Å². The Morgan fingerprint density at radius 2 is 1.90 bits per heavy atom. The first kappa shape index (κ1) is 14.8. The van der Waals surface area contributed by atoms with E-state index in [9.17, 15) is 4.79 Å². The smallest absolute Gasteiger partial charge is 0.223 e. The third-order valence-corrected chi connectivity index (χ3v) is 4.10. The zero-order valence-electron chi connectivity index (χ0n) is 11.4. The van der Waals surface area contributed by atoms with Crippen molar-refractivity contribution >= 4 is 34.1 Å². The van der Waals surface area contributed by atoms with Crippen LogP contribution in [0.1, 0.15) is 32.2 Å². The molecule has 0 bridgehead atoms. The monoisotopic (exact) mass is 310 g/mol. The van der Waals surface area contributed by atoms with Crippen molar-refractivity contribution in [3.05, 3.63) is 11.4 Å². The van der Waals surface area contributed by atoms with Crippen LogP contribution in [0.2, 0.25) is 0 Å². The maximum Gasteiger partial charge on any atom is 0.223 e. The Hall–Kier alpha value is -1.61. The van der Waals surface area contributed by atoms with Gasteiger partial charge in [0.15, 0.2) is 4.34 Å². The van der Waals surface area contributed by atoms with Crippen molar-refractivity contribution in [2.45, 2.75) is 43.1 Å². The third-order valence-electron chi connectivity index (χ3n) is 2.36. The maximum atomic E-state index is 10.9. The highest BCUT2D eigenvalue weighted by Gasteiger charge is 2.11. The molecule has 2 aromatic heterocycles. The molecule has 20 heavy (non-hydrogen) atoms. The molecule has 0 unspecified atom stereocenters. The van der Waals surface area contributed by atoms with Gasteiger partial charge in [0, 0.05) is 6.92 Å². The van der Waals surface area contributed by atoms with E-state index < -0.39 is 0 Å². The maximum absolute atomic E-state index is 10.9. The van der Waals surface area contributed by atoms with Crippen LogP contribution in [-0.2, 0) is 17.6 Å². The van der Waals surface area contributed by atoms with Crippen molar-refractivity contribution in [3.63, 3.8) is 0 Å². The number of aromatic nitrogens is 5. The molecule has 2 aromatic rings. The summed E-state index contributed by atoms with van der Waals surface area (Å²) in [5.74, 6) is -0.170. The fourth-order valence-corrected chi connectivity index (χ4v) is 3.12. The van der Waals surface area contributed by atoms with Gasteiger partial charge in [0.2, 0.25) is 16.2 Å². The van der Waals surface area contributed by atoms with Crippen LogP contribution in [0.5, 0.6) is 0 Å². The van der Waals surface area contributed by atoms with E-state index in [2.05, 4.69) is 30.7 Å². The topological polar surface area (TPSA) is 93.5 Å². The second-order valence-corrected chi connectivity index (χ2v) is 6.04. The molecule has 2 rings (SSSR count). The van der Waals surface area contributed by atoms with Crippen molar-refractivity contribution in [1.82, 2.24) is 25.4 Å². The van der Waals surface area contributed by atoms with Gasteiger partial charge in [-0.1, -0.05) is 25.2 Å². The number of nitrogens with zero attached hydrogens (tertiary/aromatic N) is 5. The Morgan fingerprint density at radius 1 is 1.15 bits per heavy atom. The molecule has 1 N–H and O–H groups in total. The van der Waals surface area contributed by atoms with Gasteiger partial charge in [-0.05, 0) is 24.6 Å². The Balaban J connectivity index is 2.13. The van der Waals surface area contributed by atoms with E-state index in [4.69, 9.17) is 0 Å². The molecule has 0 fully saturated rings. The number of hydrogen-bond acceptors (Lipinski definition) is 8. The van der Waals surface area contributed by atoms with Gasteiger partial charge in [0.05, 0.1) is 11.4 Å². The Labute approximate surface area is 124 Å². The zero-order chi connectivity index (χ0) is 14.5. The van der Waals surface area contributed by atoms with Gasteiger partial charge >= 0.3 is 0 Å². The van der Waals surface area contributed by atoms with E-state index >= 15 is 0 Å². The lowest BCUT2D eigenvalue weighted by atomic mass is 10.2. The molecule has 0 radical (unpaired) electrons. The first-order chi connectivity index (χ1) is 9.62. The Kier molecular flexibility index (Phi) is 4.96. The molecule has 106 valence electrons. The minimum Gasteiger partial charge on any atom is -0.301 e. The normalized spacial score (nSPS) is 10.6. The summed E-state index contributed by atoms with van der Waals surface area (Å²) in [5.41, 5.74) is 1.88. The number of carbonyl (C=O) groups excluding carboxylic acids is 1. The Morgan fingerprint density at radius 3 is 2.55 bits per heavy atom. The first-order valence-corrected chi connectivity index (χ1v) is 7.77. The highest BCUT2D eigenvalue weighted by atomic mass is 32.2. The molecule has 7 nitrogen and oxygen atoms in total. The van der Waals surface area contributed by atoms with Crippen LogP contribution >= 0.6 is 23.1 Å². The number of anilines is 1. The molecule has 0 aromatic carbocycles. The minimum absolute atomic E-state index is 0.170. The summed E-state index contributed by atoms with van der Waals surface area (Å²) in [4.78, 5) is 15.4. The molecule has 0 spiro atoms. The molecule has 0 atom stereocenters. The summed E-state index contributed by atoms with van der Waals surface area (Å²) in [6.07, 6.45) is 1.64. The van der Waals surface area contributed by atoms with Crippen LogP contribution < -0.4 is 5.32 Å². The lowest BCUT2D eigenvalue weighted by Crippen LogP contribution is -2.04. The van der Waals surface area contributed by atoms with Gasteiger partial charge in [-0.15, -0.1) is 15.3 Å². The van der Waals surface area contributed by atoms with Gasteiger partial charge in [-0.25, -0.2) is 4.98 Å². The van der Waals surface area contributed by atoms with Crippen molar-refractivity contribution < 1.29 is 4.79 Å². The van der Waals surface area contributed by atoms with Crippen molar-refractivity contribution in [2.24, 2.45) is 0 Å². The first-order valence-electron chi connectivity index (χ1n) is 6.13. The molecule has 0 saturated carbocycles. The molecule has 9 heteroatoms.